The summed E-state index contributed by atoms with van der Waals surface area (Å²) in [4.78, 5) is 12.3. The Bertz CT molecular complexity index is 670. The zero-order valence-corrected chi connectivity index (χ0v) is 14.2. The van der Waals surface area contributed by atoms with Crippen LogP contribution in [0.3, 0.4) is 0 Å². The number of nitrogens with zero attached hydrogens (tertiary/aromatic N) is 2. The van der Waals surface area contributed by atoms with Crippen molar-refractivity contribution in [1.82, 2.24) is 15.1 Å². The molecule has 1 amide bonds. The molecule has 1 atom stereocenters. The fraction of sp³-hybridized carbons (Fsp3) is 0.412. The van der Waals surface area contributed by atoms with Gasteiger partial charge in [0.25, 0.3) is 5.91 Å². The van der Waals surface area contributed by atoms with Gasteiger partial charge >= 0.3 is 0 Å². The average molecular weight is 336 g/mol. The van der Waals surface area contributed by atoms with Crippen LogP contribution in [0.15, 0.2) is 30.3 Å². The number of hydrogen-bond acceptors (Lipinski definition) is 3. The van der Waals surface area contributed by atoms with Crippen LogP contribution in [0, 0.1) is 12.8 Å². The first-order valence-electron chi connectivity index (χ1n) is 7.77. The van der Waals surface area contributed by atoms with Crippen molar-refractivity contribution in [3.05, 3.63) is 46.7 Å². The number of carbonyl (C=O) groups is 1. The van der Waals surface area contributed by atoms with Crippen LogP contribution in [0.2, 0.25) is 5.02 Å². The van der Waals surface area contributed by atoms with Gasteiger partial charge in [-0.3, -0.25) is 4.79 Å². The predicted molar refractivity (Wildman–Crippen MR) is 91.1 cm³/mol. The second kappa shape index (κ2) is 8.13. The Morgan fingerprint density at radius 3 is 2.83 bits per heavy atom. The smallest absolute Gasteiger partial charge is 0.271 e. The van der Waals surface area contributed by atoms with Crippen molar-refractivity contribution in [2.24, 2.45) is 5.92 Å². The zero-order chi connectivity index (χ0) is 16.8. The van der Waals surface area contributed by atoms with Gasteiger partial charge in [-0.1, -0.05) is 37.1 Å². The molecule has 1 aromatic carbocycles. The number of aliphatic hydroxyl groups is 1. The second-order valence-electron chi connectivity index (χ2n) is 5.53. The summed E-state index contributed by atoms with van der Waals surface area (Å²) in [6.07, 6.45) is 1.60. The van der Waals surface area contributed by atoms with E-state index < -0.39 is 0 Å². The van der Waals surface area contributed by atoms with Crippen molar-refractivity contribution in [3.63, 3.8) is 0 Å². The van der Waals surface area contributed by atoms with Crippen molar-refractivity contribution >= 4 is 17.5 Å². The molecule has 2 rings (SSSR count). The summed E-state index contributed by atoms with van der Waals surface area (Å²) >= 11 is 6.19. The average Bonchev–Trinajstić information content (AvgIpc) is 2.93. The van der Waals surface area contributed by atoms with Gasteiger partial charge in [-0.05, 0) is 37.5 Å². The van der Waals surface area contributed by atoms with Gasteiger partial charge in [-0.2, -0.15) is 5.10 Å². The van der Waals surface area contributed by atoms with Gasteiger partial charge in [0.1, 0.15) is 0 Å². The fourth-order valence-electron chi connectivity index (χ4n) is 2.41. The third kappa shape index (κ3) is 4.33. The highest BCUT2D eigenvalue weighted by Crippen LogP contribution is 2.21. The first kappa shape index (κ1) is 17.5. The highest BCUT2D eigenvalue weighted by Gasteiger charge is 2.15. The van der Waals surface area contributed by atoms with E-state index in [1.165, 1.54) is 0 Å². The molecule has 0 saturated heterocycles. The Labute approximate surface area is 141 Å². The van der Waals surface area contributed by atoms with Crippen LogP contribution in [-0.4, -0.2) is 33.9 Å². The van der Waals surface area contributed by atoms with Gasteiger partial charge in [0.05, 0.1) is 10.7 Å². The lowest BCUT2D eigenvalue weighted by Crippen LogP contribution is -2.30. The van der Waals surface area contributed by atoms with E-state index in [9.17, 15) is 4.79 Å². The standard InChI is InChI=1S/C17H22ClN3O2/c1-3-13(8-9-22)11-19-17(23)15-10-12(2)21(20-15)16-7-5-4-6-14(16)18/h4-7,10,13,22H,3,8-9,11H2,1-2H3,(H,19,23). The molecule has 0 fully saturated rings. The van der Waals surface area contributed by atoms with Gasteiger partial charge in [-0.15, -0.1) is 0 Å². The van der Waals surface area contributed by atoms with Gasteiger partial charge in [0, 0.05) is 18.8 Å². The maximum absolute atomic E-state index is 12.3. The molecule has 1 unspecified atom stereocenters. The summed E-state index contributed by atoms with van der Waals surface area (Å²) in [7, 11) is 0. The molecular formula is C17H22ClN3O2. The van der Waals surface area contributed by atoms with Crippen LogP contribution in [0.25, 0.3) is 5.69 Å². The van der Waals surface area contributed by atoms with Crippen LogP contribution < -0.4 is 5.32 Å². The summed E-state index contributed by atoms with van der Waals surface area (Å²) < 4.78 is 1.67. The third-order valence-electron chi connectivity index (χ3n) is 3.87. The van der Waals surface area contributed by atoms with Crippen molar-refractivity contribution in [3.8, 4) is 5.69 Å². The monoisotopic (exact) mass is 335 g/mol. The van der Waals surface area contributed by atoms with Crippen LogP contribution >= 0.6 is 11.6 Å². The lowest BCUT2D eigenvalue weighted by molar-refractivity contribution is 0.0938. The van der Waals surface area contributed by atoms with E-state index in [1.54, 1.807) is 16.8 Å². The number of para-hydroxylation sites is 1. The molecule has 0 aliphatic carbocycles. The van der Waals surface area contributed by atoms with Crippen molar-refractivity contribution in [2.75, 3.05) is 13.2 Å². The van der Waals surface area contributed by atoms with E-state index in [4.69, 9.17) is 16.7 Å². The molecule has 23 heavy (non-hydrogen) atoms. The molecule has 0 aliphatic heterocycles. The highest BCUT2D eigenvalue weighted by molar-refractivity contribution is 6.32. The summed E-state index contributed by atoms with van der Waals surface area (Å²) in [5, 5.41) is 16.8. The van der Waals surface area contributed by atoms with Gasteiger partial charge in [0.15, 0.2) is 5.69 Å². The summed E-state index contributed by atoms with van der Waals surface area (Å²) in [5.41, 5.74) is 1.95. The van der Waals surface area contributed by atoms with E-state index in [-0.39, 0.29) is 18.4 Å². The van der Waals surface area contributed by atoms with E-state index >= 15 is 0 Å². The maximum Gasteiger partial charge on any atom is 0.271 e. The molecule has 124 valence electrons. The number of aliphatic hydroxyl groups excluding tert-OH is 1. The normalized spacial score (nSPS) is 12.2. The number of aryl methyl sites for hydroxylation is 1. The summed E-state index contributed by atoms with van der Waals surface area (Å²) in [6, 6.07) is 9.12. The first-order chi connectivity index (χ1) is 11.1. The molecule has 6 heteroatoms. The lowest BCUT2D eigenvalue weighted by Gasteiger charge is -2.13. The topological polar surface area (TPSA) is 67.2 Å². The van der Waals surface area contributed by atoms with Crippen LogP contribution in [0.5, 0.6) is 0 Å². The molecule has 0 aliphatic rings. The largest absolute Gasteiger partial charge is 0.396 e. The SMILES string of the molecule is CCC(CCO)CNC(=O)c1cc(C)n(-c2ccccc2Cl)n1. The molecule has 0 saturated carbocycles. The van der Waals surface area contributed by atoms with Crippen LogP contribution in [0.1, 0.15) is 35.9 Å². The van der Waals surface area contributed by atoms with Gasteiger partial charge in [0.2, 0.25) is 0 Å². The Kier molecular flexibility index (Phi) is 6.19. The van der Waals surface area contributed by atoms with Crippen molar-refractivity contribution in [2.45, 2.75) is 26.7 Å². The molecule has 0 spiro atoms. The molecule has 2 aromatic rings. The minimum Gasteiger partial charge on any atom is -0.396 e. The molecule has 0 bridgehead atoms. The minimum absolute atomic E-state index is 0.134. The van der Waals surface area contributed by atoms with Crippen LogP contribution in [0.4, 0.5) is 0 Å². The Morgan fingerprint density at radius 1 is 1.43 bits per heavy atom. The minimum atomic E-state index is -0.213. The Hall–Kier alpha value is -1.85. The summed E-state index contributed by atoms with van der Waals surface area (Å²) in [5.74, 6) is 0.0611. The second-order valence-corrected chi connectivity index (χ2v) is 5.94. The third-order valence-corrected chi connectivity index (χ3v) is 4.19. The number of aromatic nitrogens is 2. The van der Waals surface area contributed by atoms with E-state index in [2.05, 4.69) is 10.4 Å². The molecular weight excluding hydrogens is 314 g/mol. The quantitative estimate of drug-likeness (QED) is 0.817. The number of amides is 1. The van der Waals surface area contributed by atoms with E-state index in [0.717, 1.165) is 17.8 Å². The number of benzene rings is 1. The first-order valence-corrected chi connectivity index (χ1v) is 8.15. The number of hydrogen-bond donors (Lipinski definition) is 2. The maximum atomic E-state index is 12.3. The predicted octanol–water partition coefficient (Wildman–Crippen LogP) is 2.97. The van der Waals surface area contributed by atoms with Crippen LogP contribution in [-0.2, 0) is 0 Å². The highest BCUT2D eigenvalue weighted by atomic mass is 35.5. The number of carbonyl (C=O) groups excluding carboxylic acids is 1. The molecule has 5 nitrogen and oxygen atoms in total. The van der Waals surface area contributed by atoms with Crippen molar-refractivity contribution < 1.29 is 9.90 Å². The Morgan fingerprint density at radius 2 is 2.17 bits per heavy atom. The number of nitrogens with one attached hydrogen (secondary N) is 1. The lowest BCUT2D eigenvalue weighted by atomic mass is 10.0. The van der Waals surface area contributed by atoms with Gasteiger partial charge in [-0.25, -0.2) is 4.68 Å². The van der Waals surface area contributed by atoms with Gasteiger partial charge < -0.3 is 10.4 Å². The fourth-order valence-corrected chi connectivity index (χ4v) is 2.63. The Balaban J connectivity index is 2.11. The molecule has 1 heterocycles. The van der Waals surface area contributed by atoms with E-state index in [0.29, 0.717) is 23.7 Å². The van der Waals surface area contributed by atoms with E-state index in [1.807, 2.05) is 32.0 Å². The molecule has 2 N–H and O–H groups in total. The van der Waals surface area contributed by atoms with Crippen molar-refractivity contribution in [1.29, 1.82) is 0 Å². The molecule has 0 radical (unpaired) electrons. The summed E-state index contributed by atoms with van der Waals surface area (Å²) in [6.45, 7) is 4.60. The zero-order valence-electron chi connectivity index (χ0n) is 13.4. The number of halogens is 1. The number of rotatable bonds is 7. The molecule has 1 aromatic heterocycles.